The zero-order valence-electron chi connectivity index (χ0n) is 27.1. The van der Waals surface area contributed by atoms with Crippen molar-refractivity contribution in [1.82, 2.24) is 4.57 Å². The highest BCUT2D eigenvalue weighted by molar-refractivity contribution is 6.21. The summed E-state index contributed by atoms with van der Waals surface area (Å²) < 4.78 is 18.5. The minimum Gasteiger partial charge on any atom is -0.397 e. The molecule has 0 radical (unpaired) electrons. The fourth-order valence-corrected chi connectivity index (χ4v) is 5.93. The molecule has 2 atom stereocenters. The molecule has 1 heterocycles. The molecule has 242 valence electrons. The molecule has 0 saturated heterocycles. The normalized spacial score (nSPS) is 13.9. The van der Waals surface area contributed by atoms with Gasteiger partial charge in [0.25, 0.3) is 11.1 Å². The van der Waals surface area contributed by atoms with E-state index in [0.717, 1.165) is 4.57 Å². The first-order valence-corrected chi connectivity index (χ1v) is 15.1. The van der Waals surface area contributed by atoms with Crippen LogP contribution < -0.4 is 38.8 Å². The molecule has 11 nitrogen and oxygen atoms in total. The molecular weight excluding hydrogens is 588 g/mol. The van der Waals surface area contributed by atoms with E-state index in [1.54, 1.807) is 40.0 Å². The molecule has 0 fully saturated rings. The number of hydrogen-bond acceptors (Lipinski definition) is 10. The summed E-state index contributed by atoms with van der Waals surface area (Å²) in [5.74, 6) is 0. The number of para-hydroxylation sites is 1. The predicted octanol–water partition coefficient (Wildman–Crippen LogP) is 4.36. The Morgan fingerprint density at radius 2 is 1.33 bits per heavy atom. The molecule has 1 aromatic heterocycles. The minimum absolute atomic E-state index is 0.107. The van der Waals surface area contributed by atoms with Crippen LogP contribution in [0.1, 0.15) is 47.6 Å². The van der Waals surface area contributed by atoms with Crippen LogP contribution in [0, 0.1) is 0 Å². The molecule has 0 aliphatic rings. The molecule has 0 saturated carbocycles. The number of benzene rings is 4. The van der Waals surface area contributed by atoms with Gasteiger partial charge in [-0.15, -0.1) is 0 Å². The van der Waals surface area contributed by atoms with Crippen LogP contribution in [0.25, 0.3) is 32.3 Å². The van der Waals surface area contributed by atoms with E-state index in [-0.39, 0.29) is 43.7 Å². The molecule has 2 unspecified atom stereocenters. The smallest absolute Gasteiger partial charge is 0.264 e. The van der Waals surface area contributed by atoms with E-state index in [1.165, 1.54) is 6.07 Å². The van der Waals surface area contributed by atoms with Crippen LogP contribution in [0.2, 0.25) is 0 Å². The molecule has 5 aromatic rings. The number of rotatable bonds is 11. The van der Waals surface area contributed by atoms with Gasteiger partial charge in [-0.2, -0.15) is 0 Å². The second kappa shape index (κ2) is 12.0. The zero-order valence-corrected chi connectivity index (χ0v) is 27.1. The summed E-state index contributed by atoms with van der Waals surface area (Å²) in [5, 5.41) is 2.66. The lowest BCUT2D eigenvalue weighted by Gasteiger charge is -2.40. The van der Waals surface area contributed by atoms with Gasteiger partial charge in [-0.05, 0) is 59.7 Å². The Labute approximate surface area is 265 Å². The molecule has 5 N–H and O–H groups in total. The molecule has 0 aliphatic carbocycles. The third-order valence-electron chi connectivity index (χ3n) is 9.10. The number of anilines is 4. The van der Waals surface area contributed by atoms with Gasteiger partial charge >= 0.3 is 0 Å². The average Bonchev–Trinajstić information content (AvgIpc) is 3.27. The highest BCUT2D eigenvalue weighted by Crippen LogP contribution is 2.35. The van der Waals surface area contributed by atoms with Crippen molar-refractivity contribution in [3.8, 4) is 0 Å². The molecular formula is C35H40N4O7. The molecule has 0 bridgehead atoms. The maximum Gasteiger partial charge on any atom is 0.264 e. The lowest BCUT2D eigenvalue weighted by atomic mass is 9.96. The Morgan fingerprint density at radius 3 is 1.91 bits per heavy atom. The number of nitrogens with one attached hydrogen (secondary N) is 1. The number of nitrogen functional groups attached to an aromatic ring is 2. The van der Waals surface area contributed by atoms with Gasteiger partial charge in [0, 0.05) is 18.2 Å². The number of aromatic nitrogens is 1. The molecule has 11 heteroatoms. The molecule has 46 heavy (non-hydrogen) atoms. The monoisotopic (exact) mass is 628 g/mol. The first-order valence-electron chi connectivity index (χ1n) is 15.1. The Balaban J connectivity index is 1.69. The number of nitrogens with zero attached hydrogens (tertiary/aromatic N) is 1. The van der Waals surface area contributed by atoms with E-state index in [4.69, 9.17) is 25.7 Å². The van der Waals surface area contributed by atoms with Crippen molar-refractivity contribution < 1.29 is 14.2 Å². The average molecular weight is 629 g/mol. The van der Waals surface area contributed by atoms with E-state index in [1.807, 2.05) is 51.1 Å². The summed E-state index contributed by atoms with van der Waals surface area (Å²) in [4.78, 5) is 56.1. The maximum atomic E-state index is 14.1. The Kier molecular flexibility index (Phi) is 8.54. The number of nitrogens with two attached hydrogens (primary N) is 2. The van der Waals surface area contributed by atoms with E-state index in [2.05, 4.69) is 5.32 Å². The van der Waals surface area contributed by atoms with Gasteiger partial charge < -0.3 is 31.0 Å². The lowest BCUT2D eigenvalue weighted by molar-refractivity contribution is -0.180. The molecule has 0 aliphatic heterocycles. The van der Waals surface area contributed by atoms with Crippen molar-refractivity contribution in [3.63, 3.8) is 0 Å². The summed E-state index contributed by atoms with van der Waals surface area (Å²) in [7, 11) is 1.59. The van der Waals surface area contributed by atoms with E-state index >= 15 is 0 Å². The molecule has 4 aromatic carbocycles. The quantitative estimate of drug-likeness (QED) is 0.0828. The van der Waals surface area contributed by atoms with E-state index in [9.17, 15) is 19.2 Å². The van der Waals surface area contributed by atoms with Crippen LogP contribution >= 0.6 is 0 Å². The zero-order chi connectivity index (χ0) is 33.7. The van der Waals surface area contributed by atoms with Gasteiger partial charge in [0.2, 0.25) is 0 Å². The van der Waals surface area contributed by atoms with Gasteiger partial charge in [-0.25, -0.2) is 0 Å². The first-order chi connectivity index (χ1) is 21.6. The highest BCUT2D eigenvalue weighted by Gasteiger charge is 2.39. The van der Waals surface area contributed by atoms with Gasteiger partial charge in [0.1, 0.15) is 0 Å². The van der Waals surface area contributed by atoms with Gasteiger partial charge in [0.05, 0.1) is 80.6 Å². The van der Waals surface area contributed by atoms with E-state index in [0.29, 0.717) is 24.6 Å². The maximum absolute atomic E-state index is 14.1. The van der Waals surface area contributed by atoms with Crippen LogP contribution in [0.4, 0.5) is 22.7 Å². The van der Waals surface area contributed by atoms with Gasteiger partial charge in [-0.3, -0.25) is 23.7 Å². The van der Waals surface area contributed by atoms with Crippen molar-refractivity contribution >= 4 is 55.1 Å². The molecule has 0 spiro atoms. The second-order valence-corrected chi connectivity index (χ2v) is 12.7. The van der Waals surface area contributed by atoms with Crippen LogP contribution in [0.3, 0.4) is 0 Å². The van der Waals surface area contributed by atoms with Crippen molar-refractivity contribution in [2.24, 2.45) is 0 Å². The third kappa shape index (κ3) is 5.34. The SMILES string of the molecule is COCCOC(C)(C)C(C)OC(C)(C)C(C)n1c(=O)c2c(N)c3c(=O)c4cccc(Nc5ccccc5)c4c(=O)c3c(N)c2c1=O. The lowest BCUT2D eigenvalue weighted by Crippen LogP contribution is -2.49. The van der Waals surface area contributed by atoms with Crippen molar-refractivity contribution in [1.29, 1.82) is 0 Å². The van der Waals surface area contributed by atoms with Crippen LogP contribution in [-0.4, -0.2) is 42.2 Å². The highest BCUT2D eigenvalue weighted by atomic mass is 16.6. The largest absolute Gasteiger partial charge is 0.397 e. The summed E-state index contributed by atoms with van der Waals surface area (Å²) in [5.41, 5.74) is 9.31. The standard InChI is InChI=1S/C35H40N4O7/c1-18(34(3,4)46-19(2)35(5,6)45-17-16-44-7)39-32(42)26-27(33(39)43)29(37)25-24(28(26)36)30(40)21-14-11-15-22(23(21)31(25)41)38-20-12-9-8-10-13-20/h8-15,18-19,38H,16-17,36-37H2,1-7H3. The fraction of sp³-hybridized carbons (Fsp3) is 0.371. The molecule has 0 amide bonds. The summed E-state index contributed by atoms with van der Waals surface area (Å²) >= 11 is 0. The molecule has 5 rings (SSSR count). The van der Waals surface area contributed by atoms with Crippen LogP contribution in [0.5, 0.6) is 0 Å². The second-order valence-electron chi connectivity index (χ2n) is 12.7. The Bertz CT molecular complexity index is 2160. The summed E-state index contributed by atoms with van der Waals surface area (Å²) in [6.45, 7) is 11.6. The summed E-state index contributed by atoms with van der Waals surface area (Å²) in [6.07, 6.45) is -0.452. The predicted molar refractivity (Wildman–Crippen MR) is 184 cm³/mol. The number of hydrogen-bond donors (Lipinski definition) is 3. The van der Waals surface area contributed by atoms with Crippen molar-refractivity contribution in [2.45, 2.75) is 64.9 Å². The van der Waals surface area contributed by atoms with Crippen molar-refractivity contribution in [2.75, 3.05) is 37.1 Å². The number of ether oxygens (including phenoxy) is 3. The van der Waals surface area contributed by atoms with Gasteiger partial charge in [-0.1, -0.05) is 30.3 Å². The van der Waals surface area contributed by atoms with E-state index < -0.39 is 45.3 Å². The Morgan fingerprint density at radius 1 is 0.739 bits per heavy atom. The fourth-order valence-electron chi connectivity index (χ4n) is 5.93. The third-order valence-corrected chi connectivity index (χ3v) is 9.10. The Hall–Kier alpha value is -4.58. The topological polar surface area (TPSA) is 165 Å². The van der Waals surface area contributed by atoms with Crippen molar-refractivity contribution in [3.05, 3.63) is 89.7 Å². The summed E-state index contributed by atoms with van der Waals surface area (Å²) in [6, 6.07) is 13.2. The van der Waals surface area contributed by atoms with Crippen LogP contribution in [-0.2, 0) is 14.2 Å². The minimum atomic E-state index is -1.06. The van der Waals surface area contributed by atoms with Gasteiger partial charge in [0.15, 0.2) is 10.9 Å². The number of fused-ring (bicyclic) bond motifs is 3. The number of methoxy groups -OCH3 is 1. The van der Waals surface area contributed by atoms with Crippen LogP contribution in [0.15, 0.2) is 67.7 Å². The first kappa shape index (κ1) is 32.8.